The number of nitrogens with one attached hydrogen (secondary N) is 1. The number of aliphatic hydroxyl groups excluding tert-OH is 2. The molecule has 6 nitrogen and oxygen atoms in total. The van der Waals surface area contributed by atoms with Crippen molar-refractivity contribution in [1.29, 1.82) is 0 Å². The quantitative estimate of drug-likeness (QED) is 0.671. The summed E-state index contributed by atoms with van der Waals surface area (Å²) in [6.45, 7) is 1.93. The van der Waals surface area contributed by atoms with Gasteiger partial charge in [-0.3, -0.25) is 0 Å². The Hall–Kier alpha value is -2.64. The lowest BCUT2D eigenvalue weighted by atomic mass is 10.0. The van der Waals surface area contributed by atoms with Crippen molar-refractivity contribution in [2.24, 2.45) is 0 Å². The number of ether oxygens (including phenoxy) is 2. The minimum atomic E-state index is -1.39. The van der Waals surface area contributed by atoms with E-state index in [0.717, 1.165) is 11.6 Å². The zero-order valence-electron chi connectivity index (χ0n) is 14.4. The van der Waals surface area contributed by atoms with Gasteiger partial charge < -0.3 is 25.0 Å². The summed E-state index contributed by atoms with van der Waals surface area (Å²) >= 11 is 0. The van der Waals surface area contributed by atoms with E-state index < -0.39 is 24.1 Å². The average molecular weight is 363 g/mol. The van der Waals surface area contributed by atoms with Gasteiger partial charge in [-0.05, 0) is 30.2 Å². The number of hydrogen-bond acceptors (Lipinski definition) is 5. The van der Waals surface area contributed by atoms with E-state index in [-0.39, 0.29) is 24.5 Å². The van der Waals surface area contributed by atoms with Crippen LogP contribution in [-0.2, 0) is 11.3 Å². The Kier molecular flexibility index (Phi) is 7.37. The molecule has 2 unspecified atom stereocenters. The van der Waals surface area contributed by atoms with Crippen LogP contribution in [0.4, 0.5) is 9.18 Å². The highest BCUT2D eigenvalue weighted by atomic mass is 19.1. The Morgan fingerprint density at radius 1 is 1.19 bits per heavy atom. The van der Waals surface area contributed by atoms with E-state index in [0.29, 0.717) is 6.61 Å². The summed E-state index contributed by atoms with van der Waals surface area (Å²) in [6.07, 6.45) is -3.45. The summed E-state index contributed by atoms with van der Waals surface area (Å²) in [4.78, 5) is 11.7. The highest BCUT2D eigenvalue weighted by molar-refractivity contribution is 5.67. The summed E-state index contributed by atoms with van der Waals surface area (Å²) in [5.74, 6) is -0.337. The molecular formula is C19H22FNO5. The number of halogens is 1. The molecule has 1 amide bonds. The average Bonchev–Trinajstić information content (AvgIpc) is 2.64. The Morgan fingerprint density at radius 2 is 1.92 bits per heavy atom. The summed E-state index contributed by atoms with van der Waals surface area (Å²) < 4.78 is 23.8. The molecule has 0 aliphatic heterocycles. The van der Waals surface area contributed by atoms with Crippen LogP contribution in [0, 0.1) is 5.82 Å². The summed E-state index contributed by atoms with van der Waals surface area (Å²) in [5.41, 5.74) is 0.979. The zero-order valence-corrected chi connectivity index (χ0v) is 14.4. The van der Waals surface area contributed by atoms with Crippen LogP contribution in [0.25, 0.3) is 0 Å². The molecule has 0 radical (unpaired) electrons. The standard InChI is InChI=1S/C19H22FNO5/c1-2-25-16-9-14(8-15(20)10-16)18(23)17(22)11-21-19(24)26-12-13-6-4-3-5-7-13/h3-10,17-18,22-23H,2,11-12H2,1H3,(H,21,24). The van der Waals surface area contributed by atoms with Crippen molar-refractivity contribution in [3.8, 4) is 5.75 Å². The van der Waals surface area contributed by atoms with Gasteiger partial charge in [-0.1, -0.05) is 30.3 Å². The van der Waals surface area contributed by atoms with Crippen LogP contribution < -0.4 is 10.1 Å². The molecule has 0 saturated carbocycles. The van der Waals surface area contributed by atoms with Crippen LogP contribution in [0.1, 0.15) is 24.2 Å². The molecule has 0 heterocycles. The fraction of sp³-hybridized carbons (Fsp3) is 0.316. The molecule has 2 aromatic rings. The molecule has 0 bridgehead atoms. The van der Waals surface area contributed by atoms with E-state index in [2.05, 4.69) is 5.32 Å². The van der Waals surface area contributed by atoms with Crippen LogP contribution in [-0.4, -0.2) is 35.6 Å². The molecule has 0 aromatic heterocycles. The highest BCUT2D eigenvalue weighted by Gasteiger charge is 2.21. The third kappa shape index (κ3) is 6.02. The molecule has 140 valence electrons. The number of rotatable bonds is 8. The highest BCUT2D eigenvalue weighted by Crippen LogP contribution is 2.23. The van der Waals surface area contributed by atoms with Crippen LogP contribution in [0.5, 0.6) is 5.75 Å². The number of benzene rings is 2. The fourth-order valence-corrected chi connectivity index (χ4v) is 2.30. The zero-order chi connectivity index (χ0) is 18.9. The van der Waals surface area contributed by atoms with Gasteiger partial charge in [-0.25, -0.2) is 9.18 Å². The smallest absolute Gasteiger partial charge is 0.407 e. The van der Waals surface area contributed by atoms with Gasteiger partial charge in [0.2, 0.25) is 0 Å². The van der Waals surface area contributed by atoms with Crippen molar-refractivity contribution < 1.29 is 28.9 Å². The van der Waals surface area contributed by atoms with E-state index in [9.17, 15) is 19.4 Å². The molecule has 0 saturated heterocycles. The molecular weight excluding hydrogens is 341 g/mol. The molecule has 0 fully saturated rings. The Labute approximate surface area is 151 Å². The SMILES string of the molecule is CCOc1cc(F)cc(C(O)C(O)CNC(=O)OCc2ccccc2)c1. The molecule has 3 N–H and O–H groups in total. The van der Waals surface area contributed by atoms with Crippen molar-refractivity contribution in [3.63, 3.8) is 0 Å². The molecule has 2 aromatic carbocycles. The predicted octanol–water partition coefficient (Wildman–Crippen LogP) is 2.55. The summed E-state index contributed by atoms with van der Waals surface area (Å²) in [5, 5.41) is 22.6. The number of aliphatic hydroxyl groups is 2. The largest absolute Gasteiger partial charge is 0.494 e. The number of hydrogen-bond donors (Lipinski definition) is 3. The summed E-state index contributed by atoms with van der Waals surface area (Å²) in [6, 6.07) is 12.9. The normalized spacial score (nSPS) is 12.9. The van der Waals surface area contributed by atoms with Gasteiger partial charge in [-0.2, -0.15) is 0 Å². The minimum Gasteiger partial charge on any atom is -0.494 e. The molecule has 0 aliphatic rings. The Morgan fingerprint density at radius 3 is 2.62 bits per heavy atom. The lowest BCUT2D eigenvalue weighted by Crippen LogP contribution is -2.35. The lowest BCUT2D eigenvalue weighted by Gasteiger charge is -2.19. The molecule has 26 heavy (non-hydrogen) atoms. The minimum absolute atomic E-state index is 0.0902. The first-order valence-electron chi connectivity index (χ1n) is 8.23. The first-order chi connectivity index (χ1) is 12.5. The molecule has 7 heteroatoms. The van der Waals surface area contributed by atoms with Gasteiger partial charge in [0.05, 0.1) is 6.61 Å². The third-order valence-corrected chi connectivity index (χ3v) is 3.58. The van der Waals surface area contributed by atoms with E-state index in [4.69, 9.17) is 9.47 Å². The van der Waals surface area contributed by atoms with Gasteiger partial charge >= 0.3 is 6.09 Å². The van der Waals surface area contributed by atoms with Crippen molar-refractivity contribution in [3.05, 3.63) is 65.5 Å². The Balaban J connectivity index is 1.84. The third-order valence-electron chi connectivity index (χ3n) is 3.58. The number of alkyl carbamates (subject to hydrolysis) is 1. The number of carbonyl (C=O) groups is 1. The van der Waals surface area contributed by atoms with Crippen LogP contribution >= 0.6 is 0 Å². The van der Waals surface area contributed by atoms with E-state index in [1.807, 2.05) is 30.3 Å². The number of amides is 1. The predicted molar refractivity (Wildman–Crippen MR) is 93.2 cm³/mol. The van der Waals surface area contributed by atoms with Gasteiger partial charge in [-0.15, -0.1) is 0 Å². The van der Waals surface area contributed by atoms with Crippen molar-refractivity contribution in [2.75, 3.05) is 13.2 Å². The lowest BCUT2D eigenvalue weighted by molar-refractivity contribution is 0.0181. The first kappa shape index (κ1) is 19.7. The summed E-state index contributed by atoms with van der Waals surface area (Å²) in [7, 11) is 0. The van der Waals surface area contributed by atoms with Crippen molar-refractivity contribution >= 4 is 6.09 Å². The first-order valence-corrected chi connectivity index (χ1v) is 8.23. The fourth-order valence-electron chi connectivity index (χ4n) is 2.30. The van der Waals surface area contributed by atoms with Gasteiger partial charge in [0.15, 0.2) is 0 Å². The van der Waals surface area contributed by atoms with Crippen LogP contribution in [0.3, 0.4) is 0 Å². The van der Waals surface area contributed by atoms with Crippen molar-refractivity contribution in [1.82, 2.24) is 5.32 Å². The maximum atomic E-state index is 13.6. The topological polar surface area (TPSA) is 88.0 Å². The van der Waals surface area contributed by atoms with E-state index >= 15 is 0 Å². The van der Waals surface area contributed by atoms with Crippen LogP contribution in [0.15, 0.2) is 48.5 Å². The molecule has 2 rings (SSSR count). The second-order valence-corrected chi connectivity index (χ2v) is 5.61. The second kappa shape index (κ2) is 9.74. The van der Waals surface area contributed by atoms with Gasteiger partial charge in [0, 0.05) is 12.6 Å². The van der Waals surface area contributed by atoms with E-state index in [1.165, 1.54) is 12.1 Å². The molecule has 0 spiro atoms. The van der Waals surface area contributed by atoms with Crippen molar-refractivity contribution in [2.45, 2.75) is 25.7 Å². The second-order valence-electron chi connectivity index (χ2n) is 5.61. The Bertz CT molecular complexity index is 710. The van der Waals surface area contributed by atoms with E-state index in [1.54, 1.807) is 6.92 Å². The maximum Gasteiger partial charge on any atom is 0.407 e. The molecule has 0 aliphatic carbocycles. The maximum absolute atomic E-state index is 13.6. The number of carbonyl (C=O) groups excluding carboxylic acids is 1. The van der Waals surface area contributed by atoms with Gasteiger partial charge in [0.1, 0.15) is 30.4 Å². The molecule has 2 atom stereocenters. The van der Waals surface area contributed by atoms with Gasteiger partial charge in [0.25, 0.3) is 0 Å². The monoisotopic (exact) mass is 363 g/mol. The van der Waals surface area contributed by atoms with Crippen LogP contribution in [0.2, 0.25) is 0 Å².